The molecule has 0 aliphatic carbocycles. The average molecular weight is 343 g/mol. The van der Waals surface area contributed by atoms with Crippen molar-refractivity contribution in [1.82, 2.24) is 4.98 Å². The van der Waals surface area contributed by atoms with Crippen LogP contribution >= 0.6 is 0 Å². The molecule has 128 valence electrons. The van der Waals surface area contributed by atoms with E-state index in [2.05, 4.69) is 4.98 Å². The van der Waals surface area contributed by atoms with E-state index >= 15 is 0 Å². The molecule has 0 bridgehead atoms. The lowest BCUT2D eigenvalue weighted by molar-refractivity contribution is 0.0465. The molecule has 4 rings (SSSR count). The molecular weight excluding hydrogens is 326 g/mol. The second-order valence-corrected chi connectivity index (χ2v) is 5.87. The van der Waals surface area contributed by atoms with Crippen LogP contribution in [0.15, 0.2) is 84.9 Å². The fraction of sp³-hybridized carbons (Fsp3) is 0.0455. The molecule has 0 atom stereocenters. The van der Waals surface area contributed by atoms with Gasteiger partial charge in [0.05, 0.1) is 0 Å². The lowest BCUT2D eigenvalue weighted by Gasteiger charge is -2.11. The zero-order valence-electron chi connectivity index (χ0n) is 14.0. The topological polar surface area (TPSA) is 51.3 Å². The van der Waals surface area contributed by atoms with Crippen LogP contribution in [0, 0.1) is 0 Å². The average Bonchev–Trinajstić information content (AvgIpc) is 3.12. The van der Waals surface area contributed by atoms with E-state index in [4.69, 9.17) is 9.47 Å². The minimum absolute atomic E-state index is 0.136. The molecule has 1 N–H and O–H groups in total. The number of rotatable bonds is 5. The minimum Gasteiger partial charge on any atom is -0.457 e. The van der Waals surface area contributed by atoms with Gasteiger partial charge in [0, 0.05) is 16.5 Å². The zero-order valence-corrected chi connectivity index (χ0v) is 14.0. The predicted octanol–water partition coefficient (Wildman–Crippen LogP) is 5.32. The standard InChI is InChI=1S/C22H17NO3/c24-22(20-14-16-8-4-6-12-19(16)23-20)25-15-17-9-5-7-13-21(17)26-18-10-2-1-3-11-18/h1-14,23H,15H2. The van der Waals surface area contributed by atoms with Gasteiger partial charge in [0.1, 0.15) is 23.8 Å². The van der Waals surface area contributed by atoms with Crippen LogP contribution in [0.3, 0.4) is 0 Å². The van der Waals surface area contributed by atoms with Gasteiger partial charge in [-0.2, -0.15) is 0 Å². The van der Waals surface area contributed by atoms with Gasteiger partial charge in [-0.3, -0.25) is 0 Å². The molecule has 0 aliphatic rings. The molecule has 0 spiro atoms. The highest BCUT2D eigenvalue weighted by Crippen LogP contribution is 2.26. The van der Waals surface area contributed by atoms with E-state index in [0.717, 1.165) is 22.2 Å². The van der Waals surface area contributed by atoms with E-state index in [1.54, 1.807) is 6.07 Å². The second kappa shape index (κ2) is 7.15. The van der Waals surface area contributed by atoms with Crippen molar-refractivity contribution in [2.24, 2.45) is 0 Å². The smallest absolute Gasteiger partial charge is 0.355 e. The minimum atomic E-state index is -0.393. The Morgan fingerprint density at radius 3 is 2.42 bits per heavy atom. The normalized spacial score (nSPS) is 10.6. The summed E-state index contributed by atoms with van der Waals surface area (Å²) in [6.45, 7) is 0.136. The SMILES string of the molecule is O=C(OCc1ccccc1Oc1ccccc1)c1cc2ccccc2[nH]1. The van der Waals surface area contributed by atoms with Crippen molar-refractivity contribution in [2.75, 3.05) is 0 Å². The summed E-state index contributed by atoms with van der Waals surface area (Å²) in [5.41, 5.74) is 2.15. The molecule has 1 aromatic heterocycles. The number of carbonyl (C=O) groups is 1. The zero-order chi connectivity index (χ0) is 17.8. The quantitative estimate of drug-likeness (QED) is 0.499. The van der Waals surface area contributed by atoms with E-state index in [-0.39, 0.29) is 6.61 Å². The molecule has 4 aromatic rings. The monoisotopic (exact) mass is 343 g/mol. The summed E-state index contributed by atoms with van der Waals surface area (Å²) < 4.78 is 11.4. The van der Waals surface area contributed by atoms with Crippen LogP contribution < -0.4 is 4.74 Å². The van der Waals surface area contributed by atoms with Gasteiger partial charge in [-0.25, -0.2) is 4.79 Å². The Hall–Kier alpha value is -3.53. The summed E-state index contributed by atoms with van der Waals surface area (Å²) in [6, 6.07) is 26.6. The first-order valence-electron chi connectivity index (χ1n) is 8.35. The van der Waals surface area contributed by atoms with E-state index in [9.17, 15) is 4.79 Å². The number of esters is 1. The Kier molecular flexibility index (Phi) is 4.39. The van der Waals surface area contributed by atoms with Crippen molar-refractivity contribution >= 4 is 16.9 Å². The molecule has 1 heterocycles. The van der Waals surface area contributed by atoms with Gasteiger partial charge < -0.3 is 14.5 Å². The maximum absolute atomic E-state index is 12.4. The summed E-state index contributed by atoms with van der Waals surface area (Å²) in [4.78, 5) is 15.4. The molecule has 4 heteroatoms. The summed E-state index contributed by atoms with van der Waals surface area (Å²) in [6.07, 6.45) is 0. The Morgan fingerprint density at radius 1 is 0.846 bits per heavy atom. The van der Waals surface area contributed by atoms with Gasteiger partial charge in [0.2, 0.25) is 0 Å². The summed E-state index contributed by atoms with van der Waals surface area (Å²) >= 11 is 0. The van der Waals surface area contributed by atoms with Crippen LogP contribution in [0.1, 0.15) is 16.1 Å². The van der Waals surface area contributed by atoms with Crippen LogP contribution in [0.2, 0.25) is 0 Å². The maximum Gasteiger partial charge on any atom is 0.355 e. The first kappa shape index (κ1) is 16.0. The number of carbonyl (C=O) groups excluding carboxylic acids is 1. The molecule has 0 fully saturated rings. The second-order valence-electron chi connectivity index (χ2n) is 5.87. The van der Waals surface area contributed by atoms with Gasteiger partial charge in [-0.05, 0) is 30.3 Å². The fourth-order valence-corrected chi connectivity index (χ4v) is 2.74. The Morgan fingerprint density at radius 2 is 1.58 bits per heavy atom. The van der Waals surface area contributed by atoms with Gasteiger partial charge in [0.25, 0.3) is 0 Å². The molecule has 26 heavy (non-hydrogen) atoms. The van der Waals surface area contributed by atoms with E-state index in [1.165, 1.54) is 0 Å². The molecule has 0 unspecified atom stereocenters. The Balaban J connectivity index is 1.48. The van der Waals surface area contributed by atoms with Crippen molar-refractivity contribution in [2.45, 2.75) is 6.61 Å². The number of para-hydroxylation sites is 3. The number of H-pyrrole nitrogens is 1. The van der Waals surface area contributed by atoms with Crippen molar-refractivity contribution in [3.63, 3.8) is 0 Å². The summed E-state index contributed by atoms with van der Waals surface area (Å²) in [5, 5.41) is 0.979. The van der Waals surface area contributed by atoms with Crippen molar-refractivity contribution in [3.8, 4) is 11.5 Å². The van der Waals surface area contributed by atoms with Crippen LogP contribution in [-0.2, 0) is 11.3 Å². The van der Waals surface area contributed by atoms with Gasteiger partial charge in [-0.1, -0.05) is 54.6 Å². The number of benzene rings is 3. The number of fused-ring (bicyclic) bond motifs is 1. The third kappa shape index (κ3) is 3.44. The lowest BCUT2D eigenvalue weighted by atomic mass is 10.2. The van der Waals surface area contributed by atoms with Crippen LogP contribution in [-0.4, -0.2) is 11.0 Å². The van der Waals surface area contributed by atoms with Crippen LogP contribution in [0.4, 0.5) is 0 Å². The maximum atomic E-state index is 12.4. The lowest BCUT2D eigenvalue weighted by Crippen LogP contribution is -2.06. The van der Waals surface area contributed by atoms with Gasteiger partial charge in [0.15, 0.2) is 0 Å². The number of hydrogen-bond donors (Lipinski definition) is 1. The van der Waals surface area contributed by atoms with Crippen LogP contribution in [0.5, 0.6) is 11.5 Å². The highest BCUT2D eigenvalue weighted by atomic mass is 16.5. The highest BCUT2D eigenvalue weighted by molar-refractivity contribution is 5.94. The molecule has 0 amide bonds. The molecule has 3 aromatic carbocycles. The number of hydrogen-bond acceptors (Lipinski definition) is 3. The van der Waals surface area contributed by atoms with Gasteiger partial charge >= 0.3 is 5.97 Å². The van der Waals surface area contributed by atoms with E-state index in [1.807, 2.05) is 78.9 Å². The third-order valence-electron chi connectivity index (χ3n) is 4.05. The summed E-state index contributed by atoms with van der Waals surface area (Å²) in [7, 11) is 0. The number of ether oxygens (including phenoxy) is 2. The molecule has 4 nitrogen and oxygen atoms in total. The fourth-order valence-electron chi connectivity index (χ4n) is 2.74. The van der Waals surface area contributed by atoms with Crippen molar-refractivity contribution < 1.29 is 14.3 Å². The molecule has 0 saturated heterocycles. The Bertz CT molecular complexity index is 1000. The van der Waals surface area contributed by atoms with E-state index in [0.29, 0.717) is 11.4 Å². The molecule has 0 radical (unpaired) electrons. The molecule has 0 aliphatic heterocycles. The molecule has 0 saturated carbocycles. The number of nitrogens with one attached hydrogen (secondary N) is 1. The van der Waals surface area contributed by atoms with E-state index < -0.39 is 5.97 Å². The summed E-state index contributed by atoms with van der Waals surface area (Å²) in [5.74, 6) is 1.01. The number of aromatic nitrogens is 1. The largest absolute Gasteiger partial charge is 0.457 e. The van der Waals surface area contributed by atoms with Crippen LogP contribution in [0.25, 0.3) is 10.9 Å². The van der Waals surface area contributed by atoms with Gasteiger partial charge in [-0.15, -0.1) is 0 Å². The van der Waals surface area contributed by atoms with Crippen molar-refractivity contribution in [1.29, 1.82) is 0 Å². The Labute approximate surface area is 151 Å². The first-order valence-corrected chi connectivity index (χ1v) is 8.35. The third-order valence-corrected chi connectivity index (χ3v) is 4.05. The molecular formula is C22H17NO3. The number of aromatic amines is 1. The first-order chi connectivity index (χ1) is 12.8. The predicted molar refractivity (Wildman–Crippen MR) is 100 cm³/mol. The van der Waals surface area contributed by atoms with Crippen molar-refractivity contribution in [3.05, 3.63) is 96.2 Å². The highest BCUT2D eigenvalue weighted by Gasteiger charge is 2.12.